The molecule has 1 unspecified atom stereocenters. The summed E-state index contributed by atoms with van der Waals surface area (Å²) >= 11 is 2.22. The van der Waals surface area contributed by atoms with Gasteiger partial charge in [-0.15, -0.1) is 0 Å². The van der Waals surface area contributed by atoms with Crippen molar-refractivity contribution in [1.29, 1.82) is 0 Å². The number of benzene rings is 3. The van der Waals surface area contributed by atoms with Crippen LogP contribution in [0.25, 0.3) is 0 Å². The van der Waals surface area contributed by atoms with E-state index in [0.29, 0.717) is 19.0 Å². The Hall–Kier alpha value is -2.85. The summed E-state index contributed by atoms with van der Waals surface area (Å²) in [5, 5.41) is 2.72. The number of rotatable bonds is 12. The largest absolute Gasteiger partial charge is 0.489 e. The number of hydrogen-bond acceptors (Lipinski definition) is 5. The van der Waals surface area contributed by atoms with Gasteiger partial charge >= 0.3 is 12.1 Å². The Morgan fingerprint density at radius 3 is 2.11 bits per heavy atom. The lowest BCUT2D eigenvalue weighted by Gasteiger charge is -2.21. The third kappa shape index (κ3) is 10.6. The van der Waals surface area contributed by atoms with Crippen LogP contribution < -0.4 is 10.1 Å². The van der Waals surface area contributed by atoms with Crippen molar-refractivity contribution < 1.29 is 23.8 Å². The first-order chi connectivity index (χ1) is 17.7. The molecule has 3 aromatic carbocycles. The van der Waals surface area contributed by atoms with Crippen LogP contribution in [0, 0.1) is 3.57 Å². The minimum Gasteiger partial charge on any atom is -0.489 e. The van der Waals surface area contributed by atoms with Crippen molar-refractivity contribution in [2.24, 2.45) is 0 Å². The minimum atomic E-state index is -1.38. The van der Waals surface area contributed by atoms with E-state index >= 15 is 0 Å². The highest BCUT2D eigenvalue weighted by Gasteiger charge is 2.26. The number of amides is 1. The molecular weight excluding hydrogens is 597 g/mol. The summed E-state index contributed by atoms with van der Waals surface area (Å²) in [5.41, 5.74) is 2.70. The average Bonchev–Trinajstić information content (AvgIpc) is 2.87. The molecule has 0 aliphatic rings. The monoisotopic (exact) mass is 631 g/mol. The molecule has 1 N–H and O–H groups in total. The van der Waals surface area contributed by atoms with Crippen molar-refractivity contribution in [3.05, 3.63) is 99.1 Å². The predicted molar refractivity (Wildman–Crippen MR) is 156 cm³/mol. The standard InChI is InChI=1S/C29H34INO5Si/c1-37(2,3)17-16-34-28(32)26(31-29(33)36-21-23-12-8-5-9-13-23)19-24-18-25(30)14-15-27(24)35-20-22-10-6-4-7-11-22/h4-15,18,26H,16-17,19-21H2,1-3H3,(H,31,33). The first-order valence-electron chi connectivity index (χ1n) is 12.3. The molecule has 0 saturated heterocycles. The lowest BCUT2D eigenvalue weighted by Crippen LogP contribution is -2.44. The number of esters is 1. The summed E-state index contributed by atoms with van der Waals surface area (Å²) < 4.78 is 18.1. The van der Waals surface area contributed by atoms with Crippen molar-refractivity contribution in [2.75, 3.05) is 6.61 Å². The first-order valence-corrected chi connectivity index (χ1v) is 17.1. The Morgan fingerprint density at radius 1 is 0.865 bits per heavy atom. The molecule has 0 bridgehead atoms. The van der Waals surface area contributed by atoms with Gasteiger partial charge in [0, 0.05) is 18.1 Å². The zero-order chi connectivity index (χ0) is 26.7. The number of nitrogens with one attached hydrogen (secondary N) is 1. The SMILES string of the molecule is C[Si](C)(C)CCOC(=O)C(Cc1cc(I)ccc1OCc1ccccc1)NC(=O)OCc1ccccc1. The summed E-state index contributed by atoms with van der Waals surface area (Å²) in [4.78, 5) is 25.7. The predicted octanol–water partition coefficient (Wildman–Crippen LogP) is 6.59. The van der Waals surface area contributed by atoms with Crippen molar-refractivity contribution in [3.8, 4) is 5.75 Å². The van der Waals surface area contributed by atoms with Gasteiger partial charge in [0.15, 0.2) is 0 Å². The summed E-state index contributed by atoms with van der Waals surface area (Å²) in [6.07, 6.45) is -0.457. The fourth-order valence-electron chi connectivity index (χ4n) is 3.46. The number of hydrogen-bond donors (Lipinski definition) is 1. The Labute approximate surface area is 233 Å². The van der Waals surface area contributed by atoms with Crippen LogP contribution in [-0.2, 0) is 33.9 Å². The first kappa shape index (κ1) is 28.7. The molecule has 37 heavy (non-hydrogen) atoms. The van der Waals surface area contributed by atoms with Gasteiger partial charge in [-0.2, -0.15) is 0 Å². The lowest BCUT2D eigenvalue weighted by atomic mass is 10.0. The quantitative estimate of drug-likeness (QED) is 0.139. The van der Waals surface area contributed by atoms with Gasteiger partial charge in [0.1, 0.15) is 25.0 Å². The molecule has 0 spiro atoms. The van der Waals surface area contributed by atoms with Crippen LogP contribution >= 0.6 is 22.6 Å². The maximum atomic E-state index is 13.1. The number of halogens is 1. The normalized spacial score (nSPS) is 11.9. The zero-order valence-electron chi connectivity index (χ0n) is 21.5. The molecular formula is C29H34INO5Si. The molecule has 0 aliphatic heterocycles. The fourth-order valence-corrected chi connectivity index (χ4v) is 4.73. The molecule has 8 heteroatoms. The molecule has 0 saturated carbocycles. The Bertz CT molecular complexity index is 1150. The Balaban J connectivity index is 1.72. The van der Waals surface area contributed by atoms with E-state index in [-0.39, 0.29) is 13.0 Å². The topological polar surface area (TPSA) is 73.9 Å². The fraction of sp³-hybridized carbons (Fsp3) is 0.310. The highest BCUT2D eigenvalue weighted by Crippen LogP contribution is 2.24. The van der Waals surface area contributed by atoms with Crippen LogP contribution in [0.4, 0.5) is 4.79 Å². The highest BCUT2D eigenvalue weighted by atomic mass is 127. The zero-order valence-corrected chi connectivity index (χ0v) is 24.7. The molecule has 6 nitrogen and oxygen atoms in total. The van der Waals surface area contributed by atoms with Gasteiger partial charge in [-0.25, -0.2) is 9.59 Å². The summed E-state index contributed by atoms with van der Waals surface area (Å²) in [6.45, 7) is 7.50. The Morgan fingerprint density at radius 2 is 1.49 bits per heavy atom. The maximum absolute atomic E-state index is 13.1. The second-order valence-electron chi connectivity index (χ2n) is 9.97. The van der Waals surface area contributed by atoms with Gasteiger partial charge in [-0.1, -0.05) is 80.3 Å². The molecule has 0 aromatic heterocycles. The molecule has 3 rings (SSSR count). The van der Waals surface area contributed by atoms with Gasteiger partial charge in [0.2, 0.25) is 0 Å². The number of alkyl carbamates (subject to hydrolysis) is 1. The van der Waals surface area contributed by atoms with Gasteiger partial charge in [-0.05, 0) is 63.5 Å². The lowest BCUT2D eigenvalue weighted by molar-refractivity contribution is -0.145. The molecule has 3 aromatic rings. The van der Waals surface area contributed by atoms with E-state index in [2.05, 4.69) is 47.5 Å². The van der Waals surface area contributed by atoms with E-state index in [1.54, 1.807) is 0 Å². The smallest absolute Gasteiger partial charge is 0.408 e. The average molecular weight is 632 g/mol. The molecule has 1 amide bonds. The molecule has 196 valence electrons. The van der Waals surface area contributed by atoms with Crippen LogP contribution in [0.1, 0.15) is 16.7 Å². The summed E-state index contributed by atoms with van der Waals surface area (Å²) in [5.74, 6) is 0.173. The highest BCUT2D eigenvalue weighted by molar-refractivity contribution is 14.1. The molecule has 0 fully saturated rings. The third-order valence-corrected chi connectivity index (χ3v) is 7.94. The second kappa shape index (κ2) is 14.2. The van der Waals surface area contributed by atoms with Crippen LogP contribution in [0.15, 0.2) is 78.9 Å². The molecule has 0 aliphatic carbocycles. The van der Waals surface area contributed by atoms with Crippen molar-refractivity contribution in [3.63, 3.8) is 0 Å². The Kier molecular flexibility index (Phi) is 11.0. The van der Waals surface area contributed by atoms with E-state index in [1.807, 2.05) is 78.9 Å². The van der Waals surface area contributed by atoms with Crippen molar-refractivity contribution >= 4 is 42.7 Å². The van der Waals surface area contributed by atoms with Gasteiger partial charge in [0.25, 0.3) is 0 Å². The van der Waals surface area contributed by atoms with Crippen molar-refractivity contribution in [1.82, 2.24) is 5.32 Å². The number of carbonyl (C=O) groups excluding carboxylic acids is 2. The van der Waals surface area contributed by atoms with E-state index in [9.17, 15) is 9.59 Å². The van der Waals surface area contributed by atoms with Crippen LogP contribution in [0.2, 0.25) is 25.7 Å². The second-order valence-corrected chi connectivity index (χ2v) is 16.8. The number of carbonyl (C=O) groups is 2. The van der Waals surface area contributed by atoms with E-state index in [1.165, 1.54) is 0 Å². The minimum absolute atomic E-state index is 0.110. The van der Waals surface area contributed by atoms with Crippen LogP contribution in [-0.4, -0.2) is 32.8 Å². The van der Waals surface area contributed by atoms with Crippen molar-refractivity contribution in [2.45, 2.75) is 51.4 Å². The molecule has 1 atom stereocenters. The third-order valence-electron chi connectivity index (χ3n) is 5.57. The molecule has 0 radical (unpaired) electrons. The van der Waals surface area contributed by atoms with Crippen LogP contribution in [0.3, 0.4) is 0 Å². The summed E-state index contributed by atoms with van der Waals surface area (Å²) in [7, 11) is -1.38. The van der Waals surface area contributed by atoms with Gasteiger partial charge in [0.05, 0.1) is 6.61 Å². The van der Waals surface area contributed by atoms with E-state index in [4.69, 9.17) is 14.2 Å². The van der Waals surface area contributed by atoms with Crippen LogP contribution in [0.5, 0.6) is 5.75 Å². The van der Waals surface area contributed by atoms with E-state index in [0.717, 1.165) is 26.3 Å². The van der Waals surface area contributed by atoms with Gasteiger partial charge in [-0.3, -0.25) is 0 Å². The summed E-state index contributed by atoms with van der Waals surface area (Å²) in [6, 6.07) is 25.0. The van der Waals surface area contributed by atoms with Gasteiger partial charge < -0.3 is 19.5 Å². The maximum Gasteiger partial charge on any atom is 0.408 e. The van der Waals surface area contributed by atoms with E-state index < -0.39 is 26.2 Å². The molecule has 0 heterocycles. The number of ether oxygens (including phenoxy) is 3.